The summed E-state index contributed by atoms with van der Waals surface area (Å²) in [5.41, 5.74) is 1.37. The van der Waals surface area contributed by atoms with Gasteiger partial charge in [0.2, 0.25) is 0 Å². The zero-order valence-electron chi connectivity index (χ0n) is 13.3. The molecular formula is C17H25ClO3. The summed E-state index contributed by atoms with van der Waals surface area (Å²) in [5.74, 6) is 0.0917. The zero-order chi connectivity index (χ0) is 16.0. The summed E-state index contributed by atoms with van der Waals surface area (Å²) >= 11 is 6.12. The first-order valence-electron chi connectivity index (χ1n) is 7.49. The van der Waals surface area contributed by atoms with Crippen molar-refractivity contribution in [2.45, 2.75) is 53.4 Å². The Morgan fingerprint density at radius 3 is 2.19 bits per heavy atom. The molecule has 4 heteroatoms. The number of carbonyl (C=O) groups is 1. The van der Waals surface area contributed by atoms with Gasteiger partial charge in [0.05, 0.1) is 12.0 Å². The first-order chi connectivity index (χ1) is 9.86. The second-order valence-electron chi connectivity index (χ2n) is 5.62. The third-order valence-corrected chi connectivity index (χ3v) is 4.88. The molecule has 0 saturated carbocycles. The number of aryl methyl sites for hydroxylation is 2. The van der Waals surface area contributed by atoms with Gasteiger partial charge >= 0.3 is 5.97 Å². The van der Waals surface area contributed by atoms with Crippen molar-refractivity contribution in [3.05, 3.63) is 28.3 Å². The molecule has 0 unspecified atom stereocenters. The lowest BCUT2D eigenvalue weighted by molar-refractivity contribution is -0.150. The summed E-state index contributed by atoms with van der Waals surface area (Å²) < 4.78 is 5.74. The number of rotatable bonds is 8. The van der Waals surface area contributed by atoms with E-state index in [9.17, 15) is 9.90 Å². The van der Waals surface area contributed by atoms with E-state index in [0.717, 1.165) is 28.3 Å². The van der Waals surface area contributed by atoms with Crippen LogP contribution < -0.4 is 4.74 Å². The average molecular weight is 313 g/mol. The van der Waals surface area contributed by atoms with E-state index in [0.29, 0.717) is 25.9 Å². The minimum absolute atomic E-state index is 0.523. The predicted molar refractivity (Wildman–Crippen MR) is 86.3 cm³/mol. The highest BCUT2D eigenvalue weighted by Crippen LogP contribution is 2.32. The summed E-state index contributed by atoms with van der Waals surface area (Å²) in [6.07, 6.45) is 2.67. The van der Waals surface area contributed by atoms with Crippen molar-refractivity contribution in [1.82, 2.24) is 0 Å². The molecule has 0 amide bonds. The second-order valence-corrected chi connectivity index (χ2v) is 5.99. The number of aliphatic carboxylic acids is 1. The van der Waals surface area contributed by atoms with Crippen LogP contribution in [0.3, 0.4) is 0 Å². The van der Waals surface area contributed by atoms with Gasteiger partial charge in [-0.2, -0.15) is 0 Å². The van der Waals surface area contributed by atoms with Gasteiger partial charge in [-0.15, -0.1) is 0 Å². The molecule has 0 heterocycles. The van der Waals surface area contributed by atoms with Crippen molar-refractivity contribution in [3.8, 4) is 5.75 Å². The van der Waals surface area contributed by atoms with Crippen LogP contribution in [-0.2, 0) is 4.79 Å². The fourth-order valence-electron chi connectivity index (χ4n) is 2.60. The van der Waals surface area contributed by atoms with Crippen molar-refractivity contribution < 1.29 is 14.6 Å². The van der Waals surface area contributed by atoms with Crippen LogP contribution in [0, 0.1) is 19.3 Å². The third-order valence-electron chi connectivity index (χ3n) is 4.29. The lowest BCUT2D eigenvalue weighted by atomic mass is 9.78. The maximum Gasteiger partial charge on any atom is 0.309 e. The fourth-order valence-corrected chi connectivity index (χ4v) is 2.71. The Morgan fingerprint density at radius 1 is 1.24 bits per heavy atom. The molecule has 1 aromatic carbocycles. The molecule has 0 radical (unpaired) electrons. The van der Waals surface area contributed by atoms with E-state index in [1.807, 2.05) is 39.8 Å². The Morgan fingerprint density at radius 2 is 1.76 bits per heavy atom. The highest BCUT2D eigenvalue weighted by molar-refractivity contribution is 6.32. The second kappa shape index (κ2) is 7.69. The van der Waals surface area contributed by atoms with Gasteiger partial charge in [0.1, 0.15) is 5.75 Å². The predicted octanol–water partition coefficient (Wildman–Crippen LogP) is 5.01. The number of carboxylic acid groups (broad SMARTS) is 1. The van der Waals surface area contributed by atoms with Crippen LogP contribution in [0.1, 0.15) is 50.7 Å². The molecule has 21 heavy (non-hydrogen) atoms. The first-order valence-corrected chi connectivity index (χ1v) is 7.87. The van der Waals surface area contributed by atoms with Crippen LogP contribution in [0.4, 0.5) is 0 Å². The Kier molecular flexibility index (Phi) is 6.53. The van der Waals surface area contributed by atoms with Gasteiger partial charge in [-0.05, 0) is 62.8 Å². The van der Waals surface area contributed by atoms with E-state index in [2.05, 4.69) is 0 Å². The summed E-state index contributed by atoms with van der Waals surface area (Å²) in [4.78, 5) is 11.4. The van der Waals surface area contributed by atoms with Crippen LogP contribution in [0.15, 0.2) is 12.1 Å². The summed E-state index contributed by atoms with van der Waals surface area (Å²) in [5, 5.41) is 10.2. The molecule has 0 aliphatic heterocycles. The van der Waals surface area contributed by atoms with Gasteiger partial charge in [-0.1, -0.05) is 25.4 Å². The maximum absolute atomic E-state index is 11.4. The summed E-state index contributed by atoms with van der Waals surface area (Å²) in [6, 6.07) is 3.83. The molecule has 0 fully saturated rings. The molecule has 1 aromatic rings. The van der Waals surface area contributed by atoms with Crippen LogP contribution >= 0.6 is 11.6 Å². The topological polar surface area (TPSA) is 46.5 Å². The third kappa shape index (κ3) is 4.37. The smallest absolute Gasteiger partial charge is 0.309 e. The number of hydrogen-bond donors (Lipinski definition) is 1. The SMILES string of the molecule is CCC(CC)(CCCOc1cc(C)c(Cl)c(C)c1)C(=O)O. The Labute approximate surface area is 132 Å². The zero-order valence-corrected chi connectivity index (χ0v) is 14.1. The molecule has 0 spiro atoms. The monoisotopic (exact) mass is 312 g/mol. The number of carboxylic acids is 1. The van der Waals surface area contributed by atoms with Gasteiger partial charge in [0, 0.05) is 5.02 Å². The highest BCUT2D eigenvalue weighted by atomic mass is 35.5. The molecule has 0 atom stereocenters. The number of hydrogen-bond acceptors (Lipinski definition) is 2. The molecule has 1 N–H and O–H groups in total. The van der Waals surface area contributed by atoms with Crippen LogP contribution in [0.2, 0.25) is 5.02 Å². The van der Waals surface area contributed by atoms with Crippen LogP contribution in [0.5, 0.6) is 5.75 Å². The van der Waals surface area contributed by atoms with Crippen LogP contribution in [0.25, 0.3) is 0 Å². The lowest BCUT2D eigenvalue weighted by Crippen LogP contribution is -2.30. The van der Waals surface area contributed by atoms with Gasteiger partial charge in [-0.3, -0.25) is 4.79 Å². The minimum Gasteiger partial charge on any atom is -0.494 e. The van der Waals surface area contributed by atoms with Gasteiger partial charge in [-0.25, -0.2) is 0 Å². The quantitative estimate of drug-likeness (QED) is 0.686. The van der Waals surface area contributed by atoms with Crippen molar-refractivity contribution in [1.29, 1.82) is 0 Å². The molecular weight excluding hydrogens is 288 g/mol. The molecule has 0 saturated heterocycles. The number of halogens is 1. The van der Waals surface area contributed by atoms with E-state index in [4.69, 9.17) is 16.3 Å². The van der Waals surface area contributed by atoms with Crippen LogP contribution in [-0.4, -0.2) is 17.7 Å². The summed E-state index contributed by atoms with van der Waals surface area (Å²) in [6.45, 7) is 8.29. The highest BCUT2D eigenvalue weighted by Gasteiger charge is 2.33. The van der Waals surface area contributed by atoms with Crippen molar-refractivity contribution in [2.24, 2.45) is 5.41 Å². The fraction of sp³-hybridized carbons (Fsp3) is 0.588. The van der Waals surface area contributed by atoms with Crippen molar-refractivity contribution in [2.75, 3.05) is 6.61 Å². The maximum atomic E-state index is 11.4. The van der Waals surface area contributed by atoms with E-state index in [1.54, 1.807) is 0 Å². The summed E-state index contributed by atoms with van der Waals surface area (Å²) in [7, 11) is 0. The number of ether oxygens (including phenoxy) is 1. The molecule has 1 rings (SSSR count). The molecule has 0 aliphatic carbocycles. The molecule has 0 aliphatic rings. The molecule has 3 nitrogen and oxygen atoms in total. The number of benzene rings is 1. The largest absolute Gasteiger partial charge is 0.494 e. The van der Waals surface area contributed by atoms with Gasteiger partial charge in [0.25, 0.3) is 0 Å². The average Bonchev–Trinajstić information content (AvgIpc) is 2.45. The first kappa shape index (κ1) is 17.8. The van der Waals surface area contributed by atoms with Crippen molar-refractivity contribution in [3.63, 3.8) is 0 Å². The Bertz CT molecular complexity index is 470. The molecule has 0 bridgehead atoms. The van der Waals surface area contributed by atoms with E-state index in [1.165, 1.54) is 0 Å². The van der Waals surface area contributed by atoms with Gasteiger partial charge < -0.3 is 9.84 Å². The standard InChI is InChI=1S/C17H25ClO3/c1-5-17(6-2,16(19)20)8-7-9-21-14-10-12(3)15(18)13(4)11-14/h10-11H,5-9H2,1-4H3,(H,19,20). The molecule has 0 aromatic heterocycles. The van der Waals surface area contributed by atoms with Crippen molar-refractivity contribution >= 4 is 17.6 Å². The van der Waals surface area contributed by atoms with E-state index >= 15 is 0 Å². The molecule has 118 valence electrons. The minimum atomic E-state index is -0.703. The van der Waals surface area contributed by atoms with E-state index in [-0.39, 0.29) is 0 Å². The Hall–Kier alpha value is -1.22. The Balaban J connectivity index is 2.56. The van der Waals surface area contributed by atoms with Gasteiger partial charge in [0.15, 0.2) is 0 Å². The lowest BCUT2D eigenvalue weighted by Gasteiger charge is -2.26. The normalized spacial score (nSPS) is 11.5. The van der Waals surface area contributed by atoms with E-state index < -0.39 is 11.4 Å².